The first kappa shape index (κ1) is 51.7. The highest BCUT2D eigenvalue weighted by molar-refractivity contribution is 5.87. The van der Waals surface area contributed by atoms with Gasteiger partial charge in [0.2, 0.25) is 11.8 Å². The summed E-state index contributed by atoms with van der Waals surface area (Å²) >= 11 is 0. The molecule has 342 valence electrons. The minimum atomic E-state index is -0.422. The second kappa shape index (κ2) is 28.9. The Hall–Kier alpha value is -4.46. The third-order valence-electron chi connectivity index (χ3n) is 10.8. The van der Waals surface area contributed by atoms with Gasteiger partial charge in [-0.15, -0.1) is 0 Å². The van der Waals surface area contributed by atoms with E-state index in [9.17, 15) is 28.8 Å². The average Bonchev–Trinajstić information content (AvgIpc) is 4.06. The maximum absolute atomic E-state index is 13.0. The molecule has 0 aromatic heterocycles. The highest BCUT2D eigenvalue weighted by Crippen LogP contribution is 2.49. The Bertz CT molecular complexity index is 1390. The lowest BCUT2D eigenvalue weighted by atomic mass is 9.82. The molecule has 0 spiro atoms. The number of hydrogen-bond donors (Lipinski definition) is 5. The topological polar surface area (TPSA) is 247 Å². The lowest BCUT2D eigenvalue weighted by Gasteiger charge is -2.37. The molecule has 1 aliphatic heterocycles. The largest absolute Gasteiger partial charge is 0.469 e. The number of hydrogen-bond acceptors (Lipinski definition) is 14. The zero-order valence-electron chi connectivity index (χ0n) is 36.3. The number of esters is 1. The van der Waals surface area contributed by atoms with E-state index in [-0.39, 0.29) is 72.1 Å². The lowest BCUT2D eigenvalue weighted by Crippen LogP contribution is -2.53. The predicted molar refractivity (Wildman–Crippen MR) is 220 cm³/mol. The maximum Gasteiger partial charge on any atom is 0.409 e. The molecule has 1 saturated heterocycles. The fraction of sp³-hybridized carbons (Fsp3) is 0.756. The second-order valence-corrected chi connectivity index (χ2v) is 14.5. The summed E-state index contributed by atoms with van der Waals surface area (Å²) in [6, 6.07) is 0. The minimum absolute atomic E-state index is 0.00533. The van der Waals surface area contributed by atoms with Crippen molar-refractivity contribution in [3.8, 4) is 0 Å². The molecule has 5 amide bonds. The van der Waals surface area contributed by atoms with Crippen LogP contribution in [-0.4, -0.2) is 151 Å². The van der Waals surface area contributed by atoms with Crippen LogP contribution in [0.5, 0.6) is 0 Å². The Morgan fingerprint density at radius 2 is 1.15 bits per heavy atom. The summed E-state index contributed by atoms with van der Waals surface area (Å²) < 4.78 is 19.3. The van der Waals surface area contributed by atoms with Gasteiger partial charge in [0, 0.05) is 64.3 Å². The van der Waals surface area contributed by atoms with Gasteiger partial charge in [-0.1, -0.05) is 24.3 Å². The van der Waals surface area contributed by atoms with E-state index in [4.69, 9.17) is 29.9 Å². The first-order chi connectivity index (χ1) is 29.0. The van der Waals surface area contributed by atoms with Crippen LogP contribution < -0.4 is 21.7 Å². The molecule has 4 aliphatic carbocycles. The van der Waals surface area contributed by atoms with Crippen LogP contribution in [0.15, 0.2) is 24.3 Å². The first-order valence-corrected chi connectivity index (χ1v) is 21.2. The maximum atomic E-state index is 13.0. The number of amides is 5. The van der Waals surface area contributed by atoms with Gasteiger partial charge in [-0.2, -0.15) is 0 Å². The van der Waals surface area contributed by atoms with Crippen LogP contribution in [0.3, 0.4) is 0 Å². The Morgan fingerprint density at radius 1 is 0.667 bits per heavy atom. The molecule has 4 bridgehead atoms. The molecule has 5 aliphatic rings. The van der Waals surface area contributed by atoms with Gasteiger partial charge in [-0.3, -0.25) is 14.4 Å². The van der Waals surface area contributed by atoms with Crippen molar-refractivity contribution in [1.29, 1.82) is 0 Å². The summed E-state index contributed by atoms with van der Waals surface area (Å²) in [6.07, 6.45) is 10.6. The minimum Gasteiger partial charge on any atom is -0.469 e. The van der Waals surface area contributed by atoms with Crippen molar-refractivity contribution >= 4 is 36.1 Å². The monoisotopic (exact) mass is 855 g/mol. The van der Waals surface area contributed by atoms with Gasteiger partial charge >= 0.3 is 24.2 Å². The fourth-order valence-corrected chi connectivity index (χ4v) is 8.10. The number of carbonyl (C=O) groups is 6. The average molecular weight is 855 g/mol. The molecule has 19 heteroatoms. The van der Waals surface area contributed by atoms with Crippen molar-refractivity contribution in [2.45, 2.75) is 53.4 Å². The van der Waals surface area contributed by atoms with Gasteiger partial charge in [0.25, 0.3) is 0 Å². The van der Waals surface area contributed by atoms with Gasteiger partial charge in [0.1, 0.15) is 0 Å². The third-order valence-corrected chi connectivity index (χ3v) is 10.8. The number of nitrogens with zero attached hydrogens (tertiary/aromatic N) is 2. The second-order valence-electron chi connectivity index (χ2n) is 14.5. The Labute approximate surface area is 354 Å². The summed E-state index contributed by atoms with van der Waals surface area (Å²) in [5.41, 5.74) is 5.20. The fourth-order valence-electron chi connectivity index (χ4n) is 8.10. The van der Waals surface area contributed by atoms with Crippen LogP contribution in [0.4, 0.5) is 14.4 Å². The van der Waals surface area contributed by atoms with Gasteiger partial charge in [-0.05, 0) is 83.6 Å². The van der Waals surface area contributed by atoms with Gasteiger partial charge in [-0.25, -0.2) is 24.2 Å². The Morgan fingerprint density at radius 3 is 1.68 bits per heavy atom. The van der Waals surface area contributed by atoms with Crippen molar-refractivity contribution in [3.63, 3.8) is 0 Å². The molecule has 19 nitrogen and oxygen atoms in total. The van der Waals surface area contributed by atoms with E-state index >= 15 is 0 Å². The number of nitrogens with one attached hydrogen (secondary N) is 3. The smallest absolute Gasteiger partial charge is 0.409 e. The lowest BCUT2D eigenvalue weighted by molar-refractivity contribution is -0.282. The summed E-state index contributed by atoms with van der Waals surface area (Å²) in [4.78, 5) is 84.1. The molecule has 0 radical (unpaired) electrons. The highest BCUT2D eigenvalue weighted by atomic mass is 17.2. The summed E-state index contributed by atoms with van der Waals surface area (Å²) in [5, 5.41) is 15.7. The zero-order valence-corrected chi connectivity index (χ0v) is 36.3. The van der Waals surface area contributed by atoms with Crippen molar-refractivity contribution < 1.29 is 62.6 Å². The van der Waals surface area contributed by atoms with Crippen LogP contribution >= 0.6 is 0 Å². The van der Waals surface area contributed by atoms with Crippen molar-refractivity contribution in [1.82, 2.24) is 25.8 Å². The number of aliphatic hydroxyl groups is 1. The molecule has 8 atom stereocenters. The number of rotatable bonds is 16. The van der Waals surface area contributed by atoms with E-state index in [0.29, 0.717) is 97.0 Å². The van der Waals surface area contributed by atoms with E-state index in [2.05, 4.69) is 43.8 Å². The predicted octanol–water partition coefficient (Wildman–Crippen LogP) is 2.23. The van der Waals surface area contributed by atoms with E-state index in [0.717, 1.165) is 19.3 Å². The van der Waals surface area contributed by atoms with E-state index < -0.39 is 6.09 Å². The number of allylic oxidation sites excluding steroid dienone is 4. The molecule has 0 aromatic carbocycles. The van der Waals surface area contributed by atoms with Gasteiger partial charge in [0.05, 0.1) is 52.5 Å². The molecule has 60 heavy (non-hydrogen) atoms. The summed E-state index contributed by atoms with van der Waals surface area (Å²) in [5.74, 6) is 0.0955. The first-order valence-electron chi connectivity index (χ1n) is 21.2. The van der Waals surface area contributed by atoms with Crippen LogP contribution in [0.2, 0.25) is 0 Å². The molecular formula is C41H70N6O13. The van der Waals surface area contributed by atoms with Crippen LogP contribution in [0, 0.1) is 47.3 Å². The molecule has 0 aromatic rings. The van der Waals surface area contributed by atoms with Gasteiger partial charge < -0.3 is 55.5 Å². The summed E-state index contributed by atoms with van der Waals surface area (Å²) in [6.45, 7) is 12.8. The van der Waals surface area contributed by atoms with Crippen molar-refractivity contribution in [2.75, 3.05) is 99.6 Å². The van der Waals surface area contributed by atoms with E-state index in [1.165, 1.54) is 14.2 Å². The number of ether oxygens (including phenoxy) is 4. The Kier molecular flexibility index (Phi) is 24.9. The molecule has 8 unspecified atom stereocenters. The number of alkyl carbamates (subject to hydrolysis) is 2. The Balaban J connectivity index is 0.000000322. The standard InChI is InChI=1S/C17H24N2O5.C16H26N2O5.C6H14N2O2.C2H6O/c1-3-24-17(22)19-8-6-18(7-9-19)15(20)13-11-4-5-12(10-11)14(13)16(21)23-2;1-3-22-16(20)18-8-4-7-17-15(19)14-12-6-5-11(9-12)13(14)10-23-21-2;1-2-10-6(9)8-5-3-4-7;1-2-3/h4-5,11-14H,3,6-10H2,1-2H3;5-6,11-14H,3-4,7-10H2,1-2H3,(H,17,19)(H,18,20);2-5,7H2,1H3,(H,8,9);3H,2H2,1H3. The number of carbonyl (C=O) groups excluding carboxylic acids is 6. The van der Waals surface area contributed by atoms with Crippen LogP contribution in [-0.2, 0) is 43.1 Å². The SMILES string of the molecule is CCO.CCOC(=O)N1CCN(C(=O)C2C3C=CC(C3)C2C(=O)OC)CC1.CCOC(=O)NCCCN.CCOC(=O)NCCCNC(=O)C1C2C=CC(C2)C1COOC. The summed E-state index contributed by atoms with van der Waals surface area (Å²) in [7, 11) is 2.85. The highest BCUT2D eigenvalue weighted by Gasteiger charge is 2.53. The molecule has 6 N–H and O–H groups in total. The van der Waals surface area contributed by atoms with E-state index in [1.807, 2.05) is 6.08 Å². The number of piperazine rings is 1. The normalized spacial score (nSPS) is 25.0. The van der Waals surface area contributed by atoms with Crippen LogP contribution in [0.25, 0.3) is 0 Å². The molecular weight excluding hydrogens is 784 g/mol. The van der Waals surface area contributed by atoms with Crippen molar-refractivity contribution in [2.24, 2.45) is 53.1 Å². The zero-order chi connectivity index (χ0) is 44.5. The molecule has 2 saturated carbocycles. The number of nitrogens with two attached hydrogens (primary N) is 1. The molecule has 1 heterocycles. The quantitative estimate of drug-likeness (QED) is 0.0374. The van der Waals surface area contributed by atoms with E-state index in [1.54, 1.807) is 37.5 Å². The number of methoxy groups -OCH3 is 1. The van der Waals surface area contributed by atoms with Gasteiger partial charge in [0.15, 0.2) is 0 Å². The number of aliphatic hydroxyl groups excluding tert-OH is 1. The number of fused-ring (bicyclic) bond motifs is 4. The van der Waals surface area contributed by atoms with Crippen molar-refractivity contribution in [3.05, 3.63) is 24.3 Å². The molecule has 5 rings (SSSR count). The molecule has 3 fully saturated rings. The van der Waals surface area contributed by atoms with Crippen LogP contribution in [0.1, 0.15) is 53.4 Å². The third kappa shape index (κ3) is 16.2.